The number of esters is 3. The zero-order valence-electron chi connectivity index (χ0n) is 26.5. The number of hydrogen-bond donors (Lipinski definition) is 5. The molecule has 5 N–H and O–H groups in total. The number of aliphatic hydroxyl groups is 5. The standard InChI is InChI=1S/C30H52O14/c1-6-7-8-9-10-11-12-13-21(34)40-24-23(41-27(37)17(2)3)20(15-32)39-29(25(24)42-28(38)18(4)5)44-30(16-33)26(36)22(35)19(14-31)43-30/h17-20,22-26,29,31-33,35-36H,6-16H2,1-5H3/t19-,20-,22-,23-,24+,25-,26+,29-,30+/m1/s1. The van der Waals surface area contributed by atoms with Gasteiger partial charge in [0.2, 0.25) is 12.1 Å². The third kappa shape index (κ3) is 10.0. The summed E-state index contributed by atoms with van der Waals surface area (Å²) in [5.41, 5.74) is 0. The van der Waals surface area contributed by atoms with Gasteiger partial charge >= 0.3 is 17.9 Å². The van der Waals surface area contributed by atoms with Crippen molar-refractivity contribution >= 4 is 17.9 Å². The van der Waals surface area contributed by atoms with E-state index in [1.165, 1.54) is 0 Å². The van der Waals surface area contributed by atoms with E-state index in [1.807, 2.05) is 0 Å². The van der Waals surface area contributed by atoms with Crippen LogP contribution in [0.3, 0.4) is 0 Å². The SMILES string of the molecule is CCCCCCCCCC(=O)O[C@@H]1[C@@H](OC(=O)C(C)C)[C@@H](O[C@]2(CO)O[C@H](CO)[C@@H](O)[C@@H]2O)O[C@H](CO)[C@H]1OC(=O)C(C)C. The minimum absolute atomic E-state index is 0.0168. The maximum atomic E-state index is 13.1. The molecule has 14 heteroatoms. The van der Waals surface area contributed by atoms with E-state index in [-0.39, 0.29) is 6.42 Å². The number of hydrogen-bond acceptors (Lipinski definition) is 14. The van der Waals surface area contributed by atoms with E-state index in [9.17, 15) is 39.9 Å². The van der Waals surface area contributed by atoms with E-state index in [0.717, 1.165) is 38.5 Å². The quantitative estimate of drug-likeness (QED) is 0.0798. The highest BCUT2D eigenvalue weighted by atomic mass is 16.8. The van der Waals surface area contributed by atoms with Gasteiger partial charge in [-0.3, -0.25) is 14.4 Å². The highest BCUT2D eigenvalue weighted by Crippen LogP contribution is 2.38. The van der Waals surface area contributed by atoms with E-state index in [2.05, 4.69) is 6.92 Å². The molecule has 0 saturated carbocycles. The Morgan fingerprint density at radius 3 is 1.80 bits per heavy atom. The lowest BCUT2D eigenvalue weighted by atomic mass is 9.97. The lowest BCUT2D eigenvalue weighted by Crippen LogP contribution is -2.65. The molecular formula is C30H52O14. The predicted octanol–water partition coefficient (Wildman–Crippen LogP) is 0.710. The second-order valence-electron chi connectivity index (χ2n) is 12.0. The monoisotopic (exact) mass is 636 g/mol. The molecule has 2 aliphatic heterocycles. The van der Waals surface area contributed by atoms with Gasteiger partial charge in [-0.2, -0.15) is 0 Å². The first-order chi connectivity index (χ1) is 20.8. The lowest BCUT2D eigenvalue weighted by molar-refractivity contribution is -0.384. The lowest BCUT2D eigenvalue weighted by Gasteiger charge is -2.46. The van der Waals surface area contributed by atoms with Gasteiger partial charge in [0, 0.05) is 6.42 Å². The van der Waals surface area contributed by atoms with Gasteiger partial charge in [0.1, 0.15) is 31.0 Å². The van der Waals surface area contributed by atoms with Crippen LogP contribution in [0.2, 0.25) is 0 Å². The molecule has 0 spiro atoms. The highest BCUT2D eigenvalue weighted by Gasteiger charge is 2.60. The molecule has 0 unspecified atom stereocenters. The van der Waals surface area contributed by atoms with Crippen LogP contribution in [0.25, 0.3) is 0 Å². The summed E-state index contributed by atoms with van der Waals surface area (Å²) in [7, 11) is 0. The molecule has 0 aliphatic carbocycles. The second-order valence-corrected chi connectivity index (χ2v) is 12.0. The van der Waals surface area contributed by atoms with Gasteiger partial charge in [0.05, 0.1) is 25.0 Å². The first-order valence-electron chi connectivity index (χ1n) is 15.7. The van der Waals surface area contributed by atoms with Crippen molar-refractivity contribution in [3.05, 3.63) is 0 Å². The van der Waals surface area contributed by atoms with Gasteiger partial charge in [-0.1, -0.05) is 73.1 Å². The molecule has 0 aromatic rings. The zero-order valence-corrected chi connectivity index (χ0v) is 26.5. The molecule has 2 heterocycles. The molecule has 0 radical (unpaired) electrons. The number of rotatable bonds is 18. The molecular weight excluding hydrogens is 584 g/mol. The summed E-state index contributed by atoms with van der Waals surface area (Å²) < 4.78 is 34.3. The van der Waals surface area contributed by atoms with Gasteiger partial charge in [0.15, 0.2) is 18.3 Å². The maximum absolute atomic E-state index is 13.1. The number of ether oxygens (including phenoxy) is 6. The van der Waals surface area contributed by atoms with E-state index in [1.54, 1.807) is 27.7 Å². The average Bonchev–Trinajstić information content (AvgIpc) is 3.23. The van der Waals surface area contributed by atoms with E-state index in [4.69, 9.17) is 28.4 Å². The molecule has 2 rings (SSSR count). The third-order valence-electron chi connectivity index (χ3n) is 7.69. The van der Waals surface area contributed by atoms with Gasteiger partial charge in [0.25, 0.3) is 0 Å². The Labute approximate surface area is 258 Å². The average molecular weight is 637 g/mol. The van der Waals surface area contributed by atoms with Crippen LogP contribution < -0.4 is 0 Å². The minimum Gasteiger partial charge on any atom is -0.455 e. The van der Waals surface area contributed by atoms with Gasteiger partial charge in [-0.05, 0) is 6.42 Å². The summed E-state index contributed by atoms with van der Waals surface area (Å²) in [6.45, 7) is 5.87. The molecule has 9 atom stereocenters. The van der Waals surface area contributed by atoms with Crippen LogP contribution in [-0.2, 0) is 42.8 Å². The first kappa shape index (κ1) is 38.3. The highest BCUT2D eigenvalue weighted by molar-refractivity contribution is 5.73. The Bertz CT molecular complexity index is 897. The number of carbonyl (C=O) groups is 3. The van der Waals surface area contributed by atoms with Gasteiger partial charge in [-0.25, -0.2) is 0 Å². The molecule has 0 amide bonds. The third-order valence-corrected chi connectivity index (χ3v) is 7.69. The smallest absolute Gasteiger partial charge is 0.308 e. The van der Waals surface area contributed by atoms with E-state index < -0.39 is 104 Å². The summed E-state index contributed by atoms with van der Waals surface area (Å²) in [6, 6.07) is 0. The second kappa shape index (κ2) is 18.3. The van der Waals surface area contributed by atoms with Crippen LogP contribution in [0.1, 0.15) is 86.0 Å². The topological polar surface area (TPSA) is 208 Å². The molecule has 2 aliphatic rings. The van der Waals surface area contributed by atoms with Gasteiger partial charge in [-0.15, -0.1) is 0 Å². The van der Waals surface area contributed by atoms with Crippen LogP contribution >= 0.6 is 0 Å². The Kier molecular flexibility index (Phi) is 15.9. The Morgan fingerprint density at radius 1 is 0.750 bits per heavy atom. The predicted molar refractivity (Wildman–Crippen MR) is 153 cm³/mol. The van der Waals surface area contributed by atoms with Crippen LogP contribution in [-0.4, -0.2) is 118 Å². The maximum Gasteiger partial charge on any atom is 0.308 e. The molecule has 2 saturated heterocycles. The molecule has 14 nitrogen and oxygen atoms in total. The van der Waals surface area contributed by atoms with Crippen molar-refractivity contribution < 1.29 is 68.3 Å². The first-order valence-corrected chi connectivity index (χ1v) is 15.7. The molecule has 0 aromatic carbocycles. The van der Waals surface area contributed by atoms with Crippen LogP contribution in [0.15, 0.2) is 0 Å². The molecule has 256 valence electrons. The summed E-state index contributed by atoms with van der Waals surface area (Å²) in [5, 5.41) is 51.1. The van der Waals surface area contributed by atoms with Crippen molar-refractivity contribution in [2.45, 2.75) is 141 Å². The molecule has 2 fully saturated rings. The number of carbonyl (C=O) groups excluding carboxylic acids is 3. The number of aliphatic hydroxyl groups excluding tert-OH is 5. The normalized spacial score (nSPS) is 32.2. The summed E-state index contributed by atoms with van der Waals surface area (Å²) in [5.74, 6) is -5.80. The molecule has 44 heavy (non-hydrogen) atoms. The minimum atomic E-state index is -2.37. The zero-order chi connectivity index (χ0) is 33.0. The van der Waals surface area contributed by atoms with Crippen molar-refractivity contribution in [3.63, 3.8) is 0 Å². The van der Waals surface area contributed by atoms with Crippen LogP contribution in [0.4, 0.5) is 0 Å². The fraction of sp³-hybridized carbons (Fsp3) is 0.900. The largest absolute Gasteiger partial charge is 0.455 e. The van der Waals surface area contributed by atoms with Crippen molar-refractivity contribution in [2.24, 2.45) is 11.8 Å². The van der Waals surface area contributed by atoms with Crippen LogP contribution in [0, 0.1) is 11.8 Å². The Hall–Kier alpha value is -1.91. The fourth-order valence-electron chi connectivity index (χ4n) is 4.97. The van der Waals surface area contributed by atoms with Crippen molar-refractivity contribution in [3.8, 4) is 0 Å². The Balaban J connectivity index is 2.42. The van der Waals surface area contributed by atoms with Crippen LogP contribution in [0.5, 0.6) is 0 Å². The van der Waals surface area contributed by atoms with E-state index >= 15 is 0 Å². The molecule has 0 bridgehead atoms. The summed E-state index contributed by atoms with van der Waals surface area (Å²) in [6.07, 6.45) is -5.96. The summed E-state index contributed by atoms with van der Waals surface area (Å²) >= 11 is 0. The van der Waals surface area contributed by atoms with Gasteiger partial charge < -0.3 is 54.0 Å². The summed E-state index contributed by atoms with van der Waals surface area (Å²) in [4.78, 5) is 38.7. The van der Waals surface area contributed by atoms with Crippen molar-refractivity contribution in [2.75, 3.05) is 19.8 Å². The van der Waals surface area contributed by atoms with Crippen molar-refractivity contribution in [1.82, 2.24) is 0 Å². The van der Waals surface area contributed by atoms with Crippen molar-refractivity contribution in [1.29, 1.82) is 0 Å². The number of unbranched alkanes of at least 4 members (excludes halogenated alkanes) is 6. The Morgan fingerprint density at radius 2 is 1.30 bits per heavy atom. The van der Waals surface area contributed by atoms with E-state index in [0.29, 0.717) is 6.42 Å². The fourth-order valence-corrected chi connectivity index (χ4v) is 4.97. The molecule has 0 aromatic heterocycles.